The van der Waals surface area contributed by atoms with Gasteiger partial charge in [0.1, 0.15) is 11.9 Å². The number of primary sulfonamides is 1. The van der Waals surface area contributed by atoms with Crippen molar-refractivity contribution in [3.8, 4) is 11.4 Å². The highest BCUT2D eigenvalue weighted by Crippen LogP contribution is 2.38. The molecular weight excluding hydrogens is 496 g/mol. The summed E-state index contributed by atoms with van der Waals surface area (Å²) >= 11 is 0. The molecule has 1 aromatic heterocycles. The Morgan fingerprint density at radius 3 is 2.19 bits per heavy atom. The number of para-hydroxylation sites is 2. The smallest absolute Gasteiger partial charge is 1.00 e. The summed E-state index contributed by atoms with van der Waals surface area (Å²) in [4.78, 5) is 18.9. The van der Waals surface area contributed by atoms with E-state index in [0.29, 0.717) is 5.82 Å². The van der Waals surface area contributed by atoms with Gasteiger partial charge in [-0.15, -0.1) is 0 Å². The highest BCUT2D eigenvalue weighted by Gasteiger charge is 2.35. The molecule has 2 aliphatic rings. The summed E-state index contributed by atoms with van der Waals surface area (Å²) < 4.78 is 25.7. The summed E-state index contributed by atoms with van der Waals surface area (Å²) in [6, 6.07) is 14.3. The largest absolute Gasteiger partial charge is 1.00 e. The van der Waals surface area contributed by atoms with Gasteiger partial charge in [-0.05, 0) is 68.0 Å². The molecule has 0 aliphatic heterocycles. The Bertz CT molecular complexity index is 1300. The second-order valence-electron chi connectivity index (χ2n) is 10.0. The van der Waals surface area contributed by atoms with Crippen LogP contribution >= 0.6 is 0 Å². The van der Waals surface area contributed by atoms with Gasteiger partial charge in [-0.3, -0.25) is 4.79 Å². The first-order valence-electron chi connectivity index (χ1n) is 12.8. The Kier molecular flexibility index (Phi) is 8.37. The Labute approximate surface area is 220 Å². The Morgan fingerprint density at radius 1 is 0.944 bits per heavy atom. The van der Waals surface area contributed by atoms with Crippen LogP contribution in [0.4, 0.5) is 0 Å². The molecule has 0 radical (unpaired) electrons. The fourth-order valence-corrected chi connectivity index (χ4v) is 6.36. The lowest BCUT2D eigenvalue weighted by Crippen LogP contribution is -3.00. The minimum atomic E-state index is -3.79. The number of nitrogens with one attached hydrogen (secondary N) is 1. The molecule has 9 heteroatoms. The Hall–Kier alpha value is -2.42. The van der Waals surface area contributed by atoms with Crippen molar-refractivity contribution in [3.63, 3.8) is 0 Å². The molecule has 2 aromatic carbocycles. The molecule has 0 saturated heterocycles. The van der Waals surface area contributed by atoms with E-state index in [1.165, 1.54) is 25.0 Å². The first-order chi connectivity index (χ1) is 16.9. The molecule has 2 fully saturated rings. The van der Waals surface area contributed by atoms with E-state index in [9.17, 15) is 13.2 Å². The van der Waals surface area contributed by atoms with Crippen molar-refractivity contribution in [1.29, 1.82) is 0 Å². The molecule has 36 heavy (non-hydrogen) atoms. The molecule has 2 aliphatic carbocycles. The number of hydrogen-bond acceptors (Lipinski definition) is 4. The molecular formula is C27H35ClN4O3S. The van der Waals surface area contributed by atoms with Crippen LogP contribution in [0.25, 0.3) is 22.4 Å². The number of nitrogens with zero attached hydrogens (tertiary/aromatic N) is 2. The van der Waals surface area contributed by atoms with E-state index in [4.69, 9.17) is 10.1 Å². The van der Waals surface area contributed by atoms with Crippen LogP contribution in [0, 0.1) is 5.92 Å². The third kappa shape index (κ3) is 5.61. The molecule has 0 spiro atoms. The lowest BCUT2D eigenvalue weighted by molar-refractivity contribution is -0.127. The summed E-state index contributed by atoms with van der Waals surface area (Å²) in [5.74, 6) is 0.989. The maximum atomic E-state index is 14.0. The first-order valence-corrected chi connectivity index (χ1v) is 14.4. The van der Waals surface area contributed by atoms with Crippen LogP contribution in [-0.4, -0.2) is 29.9 Å². The van der Waals surface area contributed by atoms with Gasteiger partial charge in [0.05, 0.1) is 15.9 Å². The van der Waals surface area contributed by atoms with E-state index in [-0.39, 0.29) is 42.6 Å². The predicted octanol–water partition coefficient (Wildman–Crippen LogP) is 2.04. The van der Waals surface area contributed by atoms with Crippen LogP contribution < -0.4 is 22.9 Å². The number of nitrogens with two attached hydrogens (primary N) is 1. The minimum Gasteiger partial charge on any atom is -1.00 e. The number of sulfonamides is 1. The average Bonchev–Trinajstić information content (AvgIpc) is 3.24. The van der Waals surface area contributed by atoms with Crippen molar-refractivity contribution >= 4 is 27.0 Å². The summed E-state index contributed by atoms with van der Waals surface area (Å²) in [5, 5.41) is 8.70. The van der Waals surface area contributed by atoms with Gasteiger partial charge in [-0.1, -0.05) is 50.7 Å². The zero-order valence-corrected chi connectivity index (χ0v) is 22.0. The van der Waals surface area contributed by atoms with Gasteiger partial charge in [0.25, 0.3) is 0 Å². The summed E-state index contributed by atoms with van der Waals surface area (Å²) in [6.45, 7) is 0. The highest BCUT2D eigenvalue weighted by atomic mass is 35.5. The van der Waals surface area contributed by atoms with Gasteiger partial charge in [0.2, 0.25) is 15.9 Å². The molecule has 2 saturated carbocycles. The number of carbonyl (C=O) groups is 1. The molecule has 1 unspecified atom stereocenters. The number of fused-ring (bicyclic) bond motifs is 1. The van der Waals surface area contributed by atoms with Crippen LogP contribution in [0.5, 0.6) is 0 Å². The van der Waals surface area contributed by atoms with Crippen molar-refractivity contribution in [2.45, 2.75) is 81.2 Å². The number of halogens is 1. The quantitative estimate of drug-likeness (QED) is 0.508. The van der Waals surface area contributed by atoms with Crippen molar-refractivity contribution in [3.05, 3.63) is 48.5 Å². The number of benzene rings is 2. The van der Waals surface area contributed by atoms with Gasteiger partial charge in [-0.2, -0.15) is 0 Å². The molecule has 1 amide bonds. The molecule has 1 atom stereocenters. The Morgan fingerprint density at radius 2 is 1.56 bits per heavy atom. The maximum absolute atomic E-state index is 14.0. The van der Waals surface area contributed by atoms with Gasteiger partial charge in [0.15, 0.2) is 0 Å². The fourth-order valence-electron chi connectivity index (χ4n) is 5.85. The molecule has 1 heterocycles. The van der Waals surface area contributed by atoms with Crippen LogP contribution in [-0.2, 0) is 14.8 Å². The number of rotatable bonds is 6. The highest BCUT2D eigenvalue weighted by molar-refractivity contribution is 7.89. The summed E-state index contributed by atoms with van der Waals surface area (Å²) in [7, 11) is -3.79. The second-order valence-corrected chi connectivity index (χ2v) is 11.6. The molecule has 194 valence electrons. The van der Waals surface area contributed by atoms with Gasteiger partial charge >= 0.3 is 1.43 Å². The average molecular weight is 531 g/mol. The van der Waals surface area contributed by atoms with Gasteiger partial charge in [-0.25, -0.2) is 18.5 Å². The fraction of sp³-hybridized carbons (Fsp3) is 0.481. The molecule has 5 rings (SSSR count). The number of hydrogen-bond donors (Lipinski definition) is 2. The van der Waals surface area contributed by atoms with E-state index >= 15 is 0 Å². The third-order valence-corrected chi connectivity index (χ3v) is 8.56. The number of aromatic nitrogens is 2. The van der Waals surface area contributed by atoms with Crippen LogP contribution in [0.3, 0.4) is 0 Å². The van der Waals surface area contributed by atoms with Crippen LogP contribution in [0.2, 0.25) is 0 Å². The molecule has 3 aromatic rings. The van der Waals surface area contributed by atoms with E-state index in [1.807, 2.05) is 24.3 Å². The van der Waals surface area contributed by atoms with E-state index < -0.39 is 10.0 Å². The van der Waals surface area contributed by atoms with Gasteiger partial charge < -0.3 is 22.3 Å². The normalized spacial score (nSPS) is 18.5. The summed E-state index contributed by atoms with van der Waals surface area (Å²) in [5.41, 5.74) is 2.51. The SMILES string of the molecule is NS(=O)(=O)c1ccc(-c2nc3ccccc3n2C(C(=O)NC2CCCCC2)C2CCCCC2)cc1.[Cl-].[H+]. The molecule has 0 bridgehead atoms. The number of amides is 1. The number of imidazole rings is 1. The van der Waals surface area contributed by atoms with E-state index in [1.54, 1.807) is 12.1 Å². The predicted molar refractivity (Wildman–Crippen MR) is 138 cm³/mol. The Balaban J connectivity index is 0.00000190. The van der Waals surface area contributed by atoms with Crippen molar-refractivity contribution in [1.82, 2.24) is 14.9 Å². The standard InChI is InChI=1S/C27H34N4O3S.ClH/c28-35(33,34)22-17-15-20(16-18-22)26-30-23-13-7-8-14-24(23)31(26)25(19-9-3-1-4-10-19)27(32)29-21-11-5-2-6-12-21;/h7-8,13-19,21,25H,1-6,9-12H2,(H,29,32)(H2,28,33,34);1H. The second kappa shape index (κ2) is 11.3. The molecule has 7 nitrogen and oxygen atoms in total. The van der Waals surface area contributed by atoms with E-state index in [2.05, 4.69) is 9.88 Å². The van der Waals surface area contributed by atoms with Crippen molar-refractivity contribution < 1.29 is 27.0 Å². The zero-order valence-electron chi connectivity index (χ0n) is 21.4. The molecule has 3 N–H and O–H groups in total. The van der Waals surface area contributed by atoms with Crippen LogP contribution in [0.1, 0.15) is 71.7 Å². The lowest BCUT2D eigenvalue weighted by Gasteiger charge is -2.33. The maximum Gasteiger partial charge on any atom is 1.00 e. The zero-order chi connectivity index (χ0) is 24.4. The van der Waals surface area contributed by atoms with Crippen LogP contribution in [0.15, 0.2) is 53.4 Å². The lowest BCUT2D eigenvalue weighted by atomic mass is 9.82. The third-order valence-electron chi connectivity index (χ3n) is 7.63. The van der Waals surface area contributed by atoms with E-state index in [0.717, 1.165) is 68.0 Å². The van der Waals surface area contributed by atoms with Crippen molar-refractivity contribution in [2.24, 2.45) is 11.1 Å². The topological polar surface area (TPSA) is 107 Å². The summed E-state index contributed by atoms with van der Waals surface area (Å²) in [6.07, 6.45) is 11.1. The first kappa shape index (κ1) is 26.6. The number of carbonyl (C=O) groups excluding carboxylic acids is 1. The minimum absolute atomic E-state index is 0. The monoisotopic (exact) mass is 530 g/mol. The van der Waals surface area contributed by atoms with Crippen molar-refractivity contribution in [2.75, 3.05) is 0 Å². The van der Waals surface area contributed by atoms with Gasteiger partial charge in [0, 0.05) is 11.6 Å².